The van der Waals surface area contributed by atoms with Crippen LogP contribution >= 0.6 is 0 Å². The lowest BCUT2D eigenvalue weighted by Gasteiger charge is -2.22. The number of nitro groups is 1. The van der Waals surface area contributed by atoms with Crippen LogP contribution in [0, 0.1) is 27.4 Å². The monoisotopic (exact) mass is 289 g/mol. The molecule has 2 rings (SSSR count). The molecule has 1 atom stereocenters. The summed E-state index contributed by atoms with van der Waals surface area (Å²) < 4.78 is 5.22. The van der Waals surface area contributed by atoms with Crippen LogP contribution in [0.2, 0.25) is 0 Å². The normalized spacial score (nSPS) is 16.4. The summed E-state index contributed by atoms with van der Waals surface area (Å²) in [6.07, 6.45) is 1.85. The van der Waals surface area contributed by atoms with Crippen LogP contribution in [0.25, 0.3) is 0 Å². The second kappa shape index (κ2) is 5.79. The fourth-order valence-corrected chi connectivity index (χ4v) is 2.04. The smallest absolute Gasteiger partial charge is 0.273 e. The fraction of sp³-hybridized carbons (Fsp3) is 0.429. The van der Waals surface area contributed by atoms with Crippen LogP contribution in [0.3, 0.4) is 0 Å². The first-order valence-electron chi connectivity index (χ1n) is 6.54. The highest BCUT2D eigenvalue weighted by Crippen LogP contribution is 2.39. The van der Waals surface area contributed by atoms with E-state index in [0.717, 1.165) is 12.8 Å². The van der Waals surface area contributed by atoms with Gasteiger partial charge in [-0.3, -0.25) is 14.9 Å². The number of nitrogens with zero attached hydrogens (tertiary/aromatic N) is 2. The molecule has 1 N–H and O–H groups in total. The maximum Gasteiger partial charge on any atom is 0.273 e. The minimum absolute atomic E-state index is 0.104. The van der Waals surface area contributed by atoms with E-state index in [-0.39, 0.29) is 24.0 Å². The Morgan fingerprint density at radius 1 is 1.62 bits per heavy atom. The van der Waals surface area contributed by atoms with Crippen molar-refractivity contribution in [1.29, 1.82) is 5.26 Å². The molecule has 0 aliphatic heterocycles. The number of nitrogens with one attached hydrogen (secondary N) is 1. The molecule has 0 saturated heterocycles. The van der Waals surface area contributed by atoms with E-state index in [4.69, 9.17) is 10.00 Å². The molecule has 0 heterocycles. The number of non-ortho nitro benzene ring substituents is 1. The first kappa shape index (κ1) is 14.8. The van der Waals surface area contributed by atoms with E-state index >= 15 is 0 Å². The van der Waals surface area contributed by atoms with Gasteiger partial charge in [-0.2, -0.15) is 5.26 Å². The van der Waals surface area contributed by atoms with Gasteiger partial charge in [0, 0.05) is 6.07 Å². The van der Waals surface area contributed by atoms with Crippen LogP contribution in [0.15, 0.2) is 24.3 Å². The number of benzene rings is 1. The molecular formula is C14H15N3O4. The van der Waals surface area contributed by atoms with Gasteiger partial charge in [0.1, 0.15) is 11.3 Å². The van der Waals surface area contributed by atoms with E-state index < -0.39 is 16.4 Å². The molecule has 21 heavy (non-hydrogen) atoms. The topological polar surface area (TPSA) is 105 Å². The van der Waals surface area contributed by atoms with Crippen molar-refractivity contribution in [3.63, 3.8) is 0 Å². The quantitative estimate of drug-likeness (QED) is 0.634. The standard InChI is InChI=1S/C14H15N3O4/c1-14(9-15,10-5-6-10)16-13(18)8-21-12-4-2-3-11(7-12)17(19)20/h2-4,7,10H,5-6,8H2,1H3,(H,16,18). The molecule has 1 aromatic carbocycles. The Balaban J connectivity index is 1.91. The molecule has 0 bridgehead atoms. The van der Waals surface area contributed by atoms with Crippen molar-refractivity contribution in [3.05, 3.63) is 34.4 Å². The predicted molar refractivity (Wildman–Crippen MR) is 73.5 cm³/mol. The Hall–Kier alpha value is -2.62. The first-order valence-corrected chi connectivity index (χ1v) is 6.54. The van der Waals surface area contributed by atoms with Gasteiger partial charge in [0.05, 0.1) is 17.1 Å². The third kappa shape index (κ3) is 3.69. The average Bonchev–Trinajstić information content (AvgIpc) is 3.30. The molecule has 0 radical (unpaired) electrons. The number of nitro benzene ring substituents is 1. The van der Waals surface area contributed by atoms with E-state index in [1.165, 1.54) is 24.3 Å². The lowest BCUT2D eigenvalue weighted by molar-refractivity contribution is -0.384. The Bertz CT molecular complexity index is 606. The molecule has 1 amide bonds. The summed E-state index contributed by atoms with van der Waals surface area (Å²) in [5.74, 6) is 0.00570. The maximum atomic E-state index is 11.8. The average molecular weight is 289 g/mol. The molecule has 7 heteroatoms. The Kier molecular flexibility index (Phi) is 4.08. The molecule has 1 aliphatic carbocycles. The van der Waals surface area contributed by atoms with E-state index in [2.05, 4.69) is 11.4 Å². The molecular weight excluding hydrogens is 274 g/mol. The van der Waals surface area contributed by atoms with Gasteiger partial charge in [-0.1, -0.05) is 6.07 Å². The lowest BCUT2D eigenvalue weighted by Crippen LogP contribution is -2.48. The molecule has 0 aromatic heterocycles. The van der Waals surface area contributed by atoms with Crippen molar-refractivity contribution in [3.8, 4) is 11.8 Å². The van der Waals surface area contributed by atoms with Crippen LogP contribution in [0.5, 0.6) is 5.75 Å². The van der Waals surface area contributed by atoms with Crippen molar-refractivity contribution < 1.29 is 14.5 Å². The van der Waals surface area contributed by atoms with Crippen molar-refractivity contribution in [2.45, 2.75) is 25.3 Å². The number of nitriles is 1. The van der Waals surface area contributed by atoms with Crippen molar-refractivity contribution >= 4 is 11.6 Å². The Morgan fingerprint density at radius 3 is 2.90 bits per heavy atom. The summed E-state index contributed by atoms with van der Waals surface area (Å²) in [5, 5.41) is 22.4. The van der Waals surface area contributed by atoms with Crippen LogP contribution < -0.4 is 10.1 Å². The highest BCUT2D eigenvalue weighted by Gasteiger charge is 2.43. The van der Waals surface area contributed by atoms with Crippen LogP contribution in [0.1, 0.15) is 19.8 Å². The number of carbonyl (C=O) groups is 1. The first-order chi connectivity index (χ1) is 9.94. The largest absolute Gasteiger partial charge is 0.484 e. The number of hydrogen-bond acceptors (Lipinski definition) is 5. The molecule has 1 fully saturated rings. The zero-order valence-corrected chi connectivity index (χ0v) is 11.5. The van der Waals surface area contributed by atoms with E-state index in [1.54, 1.807) is 6.92 Å². The van der Waals surface area contributed by atoms with Crippen LogP contribution in [-0.2, 0) is 4.79 Å². The summed E-state index contributed by atoms with van der Waals surface area (Å²) >= 11 is 0. The van der Waals surface area contributed by atoms with Gasteiger partial charge in [-0.25, -0.2) is 0 Å². The van der Waals surface area contributed by atoms with Gasteiger partial charge in [-0.15, -0.1) is 0 Å². The molecule has 1 aromatic rings. The van der Waals surface area contributed by atoms with Crippen molar-refractivity contribution in [2.24, 2.45) is 5.92 Å². The molecule has 0 spiro atoms. The Labute approximate surface area is 121 Å². The highest BCUT2D eigenvalue weighted by molar-refractivity contribution is 5.79. The molecule has 1 saturated carbocycles. The molecule has 7 nitrogen and oxygen atoms in total. The number of rotatable bonds is 6. The van der Waals surface area contributed by atoms with Crippen LogP contribution in [0.4, 0.5) is 5.69 Å². The summed E-state index contributed by atoms with van der Waals surface area (Å²) in [4.78, 5) is 21.9. The lowest BCUT2D eigenvalue weighted by atomic mass is 9.98. The molecule has 1 aliphatic rings. The summed E-state index contributed by atoms with van der Waals surface area (Å²) in [6, 6.07) is 7.72. The molecule has 110 valence electrons. The zero-order valence-electron chi connectivity index (χ0n) is 11.5. The second-order valence-electron chi connectivity index (χ2n) is 5.18. The van der Waals surface area contributed by atoms with Gasteiger partial charge < -0.3 is 10.1 Å². The summed E-state index contributed by atoms with van der Waals surface area (Å²) in [5.41, 5.74) is -0.976. The second-order valence-corrected chi connectivity index (χ2v) is 5.18. The zero-order chi connectivity index (χ0) is 15.5. The molecule has 1 unspecified atom stereocenters. The van der Waals surface area contributed by atoms with E-state index in [0.29, 0.717) is 0 Å². The number of ether oxygens (including phenoxy) is 1. The van der Waals surface area contributed by atoms with Gasteiger partial charge in [0.2, 0.25) is 0 Å². The SMILES string of the molecule is CC(C#N)(NC(=O)COc1cccc([N+](=O)[O-])c1)C1CC1. The maximum absolute atomic E-state index is 11.8. The van der Waals surface area contributed by atoms with Gasteiger partial charge in [0.25, 0.3) is 11.6 Å². The Morgan fingerprint density at radius 2 is 2.33 bits per heavy atom. The number of carbonyl (C=O) groups excluding carboxylic acids is 1. The fourth-order valence-electron chi connectivity index (χ4n) is 2.04. The van der Waals surface area contributed by atoms with Gasteiger partial charge in [0.15, 0.2) is 6.61 Å². The van der Waals surface area contributed by atoms with E-state index in [1.807, 2.05) is 0 Å². The van der Waals surface area contributed by atoms with Crippen molar-refractivity contribution in [2.75, 3.05) is 6.61 Å². The van der Waals surface area contributed by atoms with Gasteiger partial charge >= 0.3 is 0 Å². The third-order valence-corrected chi connectivity index (χ3v) is 3.42. The minimum atomic E-state index is -0.872. The highest BCUT2D eigenvalue weighted by atomic mass is 16.6. The van der Waals surface area contributed by atoms with Gasteiger partial charge in [-0.05, 0) is 31.7 Å². The number of amides is 1. The third-order valence-electron chi connectivity index (χ3n) is 3.42. The minimum Gasteiger partial charge on any atom is -0.484 e. The summed E-state index contributed by atoms with van der Waals surface area (Å²) in [6.45, 7) is 1.40. The number of hydrogen-bond donors (Lipinski definition) is 1. The summed E-state index contributed by atoms with van der Waals surface area (Å²) in [7, 11) is 0. The predicted octanol–water partition coefficient (Wildman–Crippen LogP) is 1.78. The van der Waals surface area contributed by atoms with E-state index in [9.17, 15) is 14.9 Å². The van der Waals surface area contributed by atoms with Crippen molar-refractivity contribution in [1.82, 2.24) is 5.32 Å². The van der Waals surface area contributed by atoms with Crippen LogP contribution in [-0.4, -0.2) is 23.0 Å².